The van der Waals surface area contributed by atoms with E-state index in [1.807, 2.05) is 24.3 Å². The average Bonchev–Trinajstić information content (AvgIpc) is 2.93. The molecule has 0 saturated heterocycles. The number of aromatic nitrogens is 2. The lowest BCUT2D eigenvalue weighted by molar-refractivity contribution is -0.117. The molecule has 1 aromatic carbocycles. The maximum Gasteiger partial charge on any atom is 0.257 e. The molecule has 1 heterocycles. The summed E-state index contributed by atoms with van der Waals surface area (Å²) in [7, 11) is 1.61. The highest BCUT2D eigenvalue weighted by molar-refractivity contribution is 7.99. The van der Waals surface area contributed by atoms with Crippen molar-refractivity contribution < 1.29 is 14.1 Å². The number of nitrogens with two attached hydrogens (primary N) is 1. The van der Waals surface area contributed by atoms with Crippen molar-refractivity contribution in [3.05, 3.63) is 30.1 Å². The molecule has 0 unspecified atom stereocenters. The molecule has 20 heavy (non-hydrogen) atoms. The van der Waals surface area contributed by atoms with Crippen LogP contribution < -0.4 is 10.5 Å². The summed E-state index contributed by atoms with van der Waals surface area (Å²) in [5.41, 5.74) is 6.00. The number of hydrogen-bond acceptors (Lipinski definition) is 6. The number of benzene rings is 1. The van der Waals surface area contributed by atoms with Gasteiger partial charge in [-0.25, -0.2) is 0 Å². The summed E-state index contributed by atoms with van der Waals surface area (Å²) in [4.78, 5) is 15.2. The van der Waals surface area contributed by atoms with Gasteiger partial charge in [0.15, 0.2) is 5.82 Å². The van der Waals surface area contributed by atoms with E-state index in [1.165, 1.54) is 11.8 Å². The Hall–Kier alpha value is -2.02. The van der Waals surface area contributed by atoms with Gasteiger partial charge in [0.1, 0.15) is 5.75 Å². The molecule has 0 bridgehead atoms. The predicted octanol–water partition coefficient (Wildman–Crippen LogP) is 1.85. The zero-order chi connectivity index (χ0) is 14.5. The molecular weight excluding hydrogens is 278 g/mol. The van der Waals surface area contributed by atoms with E-state index >= 15 is 0 Å². The van der Waals surface area contributed by atoms with Crippen molar-refractivity contribution in [2.75, 3.05) is 7.11 Å². The Morgan fingerprint density at radius 3 is 2.75 bits per heavy atom. The maximum absolute atomic E-state index is 10.9. The van der Waals surface area contributed by atoms with Crippen molar-refractivity contribution in [1.29, 1.82) is 0 Å². The molecule has 0 aliphatic carbocycles. The number of thioether (sulfide) groups is 1. The van der Waals surface area contributed by atoms with Gasteiger partial charge in [0.2, 0.25) is 5.91 Å². The van der Waals surface area contributed by atoms with Gasteiger partial charge in [-0.05, 0) is 31.2 Å². The molecule has 106 valence electrons. The zero-order valence-electron chi connectivity index (χ0n) is 11.2. The monoisotopic (exact) mass is 293 g/mol. The van der Waals surface area contributed by atoms with Gasteiger partial charge < -0.3 is 15.0 Å². The highest BCUT2D eigenvalue weighted by Gasteiger charge is 2.13. The van der Waals surface area contributed by atoms with Gasteiger partial charge in [0, 0.05) is 5.56 Å². The van der Waals surface area contributed by atoms with Crippen LogP contribution in [0.5, 0.6) is 5.75 Å². The Morgan fingerprint density at radius 1 is 1.45 bits per heavy atom. The summed E-state index contributed by atoms with van der Waals surface area (Å²) in [6.07, 6.45) is 0. The lowest BCUT2D eigenvalue weighted by Gasteiger charge is -2.03. The standard InChI is InChI=1S/C13H15N3O3S/c1-8(12(14)17)20-7-11-15-13(19-16-11)9-3-5-10(18-2)6-4-9/h3-6,8H,7H2,1-2H3,(H2,14,17)/t8-/m0/s1. The fourth-order valence-electron chi connectivity index (χ4n) is 1.45. The summed E-state index contributed by atoms with van der Waals surface area (Å²) in [6.45, 7) is 1.75. The van der Waals surface area contributed by atoms with E-state index in [9.17, 15) is 4.79 Å². The van der Waals surface area contributed by atoms with Gasteiger partial charge in [-0.15, -0.1) is 11.8 Å². The highest BCUT2D eigenvalue weighted by Crippen LogP contribution is 2.22. The average molecular weight is 293 g/mol. The van der Waals surface area contributed by atoms with E-state index in [4.69, 9.17) is 15.0 Å². The normalized spacial score (nSPS) is 12.1. The van der Waals surface area contributed by atoms with Crippen LogP contribution in [0.15, 0.2) is 28.8 Å². The molecule has 6 nitrogen and oxygen atoms in total. The number of ether oxygens (including phenoxy) is 1. The van der Waals surface area contributed by atoms with Crippen LogP contribution in [0.1, 0.15) is 12.7 Å². The van der Waals surface area contributed by atoms with Gasteiger partial charge in [-0.3, -0.25) is 4.79 Å². The molecule has 0 fully saturated rings. The van der Waals surface area contributed by atoms with E-state index < -0.39 is 0 Å². The Bertz CT molecular complexity index is 583. The number of nitrogens with zero attached hydrogens (tertiary/aromatic N) is 2. The van der Waals surface area contributed by atoms with Gasteiger partial charge in [-0.2, -0.15) is 4.98 Å². The molecule has 1 aromatic heterocycles. The molecule has 0 radical (unpaired) electrons. The number of hydrogen-bond donors (Lipinski definition) is 1. The van der Waals surface area contributed by atoms with E-state index in [2.05, 4.69) is 10.1 Å². The summed E-state index contributed by atoms with van der Waals surface area (Å²) < 4.78 is 10.3. The number of methoxy groups -OCH3 is 1. The van der Waals surface area contributed by atoms with Gasteiger partial charge in [-0.1, -0.05) is 5.16 Å². The third-order valence-corrected chi connectivity index (χ3v) is 3.83. The smallest absolute Gasteiger partial charge is 0.257 e. The van der Waals surface area contributed by atoms with Crippen molar-refractivity contribution in [2.24, 2.45) is 5.73 Å². The predicted molar refractivity (Wildman–Crippen MR) is 76.2 cm³/mol. The molecule has 1 amide bonds. The minimum Gasteiger partial charge on any atom is -0.497 e. The van der Waals surface area contributed by atoms with Crippen LogP contribution in [-0.4, -0.2) is 28.4 Å². The highest BCUT2D eigenvalue weighted by atomic mass is 32.2. The molecule has 0 spiro atoms. The third kappa shape index (κ3) is 3.51. The minimum atomic E-state index is -0.353. The van der Waals surface area contributed by atoms with Crippen molar-refractivity contribution in [3.8, 4) is 17.2 Å². The first-order valence-electron chi connectivity index (χ1n) is 5.98. The summed E-state index contributed by atoms with van der Waals surface area (Å²) >= 11 is 1.37. The third-order valence-electron chi connectivity index (χ3n) is 2.67. The first-order valence-corrected chi connectivity index (χ1v) is 7.03. The van der Waals surface area contributed by atoms with Gasteiger partial charge >= 0.3 is 0 Å². The number of primary amides is 1. The van der Waals surface area contributed by atoms with Crippen LogP contribution in [0, 0.1) is 0 Å². The van der Waals surface area contributed by atoms with Gasteiger partial charge in [0.25, 0.3) is 5.89 Å². The first-order chi connectivity index (χ1) is 9.60. The SMILES string of the molecule is COc1ccc(-c2nc(CS[C@@H](C)C(N)=O)no2)cc1. The molecule has 0 aliphatic rings. The lowest BCUT2D eigenvalue weighted by Crippen LogP contribution is -2.22. The number of amides is 1. The van der Waals surface area contributed by atoms with Crippen molar-refractivity contribution in [1.82, 2.24) is 10.1 Å². The largest absolute Gasteiger partial charge is 0.497 e. The molecule has 2 N–H and O–H groups in total. The first kappa shape index (κ1) is 14.4. The number of carbonyl (C=O) groups is 1. The molecule has 0 aliphatic heterocycles. The van der Waals surface area contributed by atoms with E-state index in [-0.39, 0.29) is 11.2 Å². The molecule has 2 aromatic rings. The van der Waals surface area contributed by atoms with Crippen LogP contribution >= 0.6 is 11.8 Å². The second-order valence-electron chi connectivity index (χ2n) is 4.10. The number of rotatable bonds is 6. The van der Waals surface area contributed by atoms with Crippen LogP contribution in [0.4, 0.5) is 0 Å². The Kier molecular flexibility index (Phi) is 4.62. The van der Waals surface area contributed by atoms with Crippen molar-refractivity contribution in [2.45, 2.75) is 17.9 Å². The molecule has 0 saturated carbocycles. The zero-order valence-corrected chi connectivity index (χ0v) is 12.0. The lowest BCUT2D eigenvalue weighted by atomic mass is 10.2. The van der Waals surface area contributed by atoms with Crippen LogP contribution in [-0.2, 0) is 10.5 Å². The summed E-state index contributed by atoms with van der Waals surface area (Å²) in [6, 6.07) is 7.33. The van der Waals surface area contributed by atoms with Crippen molar-refractivity contribution >= 4 is 17.7 Å². The minimum absolute atomic E-state index is 0.280. The Balaban J connectivity index is 2.02. The van der Waals surface area contributed by atoms with Crippen LogP contribution in [0.25, 0.3) is 11.5 Å². The fourth-order valence-corrected chi connectivity index (χ4v) is 2.13. The molecule has 2 rings (SSSR count). The quantitative estimate of drug-likeness (QED) is 0.874. The Labute approximate surface area is 120 Å². The van der Waals surface area contributed by atoms with E-state index in [1.54, 1.807) is 14.0 Å². The summed E-state index contributed by atoms with van der Waals surface area (Å²) in [5.74, 6) is 1.86. The molecule has 7 heteroatoms. The second-order valence-corrected chi connectivity index (χ2v) is 5.43. The van der Waals surface area contributed by atoms with E-state index in [0.29, 0.717) is 17.5 Å². The molecular formula is C13H15N3O3S. The summed E-state index contributed by atoms with van der Waals surface area (Å²) in [5, 5.41) is 3.60. The van der Waals surface area contributed by atoms with Gasteiger partial charge in [0.05, 0.1) is 18.1 Å². The molecule has 1 atom stereocenters. The van der Waals surface area contributed by atoms with E-state index in [0.717, 1.165) is 11.3 Å². The topological polar surface area (TPSA) is 91.2 Å². The van der Waals surface area contributed by atoms with Crippen molar-refractivity contribution in [3.63, 3.8) is 0 Å². The Morgan fingerprint density at radius 2 is 2.15 bits per heavy atom. The second kappa shape index (κ2) is 6.42. The maximum atomic E-state index is 10.9. The number of carbonyl (C=O) groups excluding carboxylic acids is 1. The fraction of sp³-hybridized carbons (Fsp3) is 0.308. The van der Waals surface area contributed by atoms with Crippen LogP contribution in [0.3, 0.4) is 0 Å². The van der Waals surface area contributed by atoms with Crippen LogP contribution in [0.2, 0.25) is 0 Å².